The fourth-order valence-electron chi connectivity index (χ4n) is 1.10. The summed E-state index contributed by atoms with van der Waals surface area (Å²) < 4.78 is 26.6. The van der Waals surface area contributed by atoms with Crippen LogP contribution in [0.15, 0.2) is 22.7 Å². The lowest BCUT2D eigenvalue weighted by atomic mass is 10.0. The third-order valence-corrected chi connectivity index (χ3v) is 2.48. The first-order valence-corrected chi connectivity index (χ1v) is 4.90. The fourth-order valence-corrected chi connectivity index (χ4v) is 1.48. The standard InChI is InChI=1S/C9H10BrF2NO2.ClH/c10-5-1-2-7(15)6(3-5)8(13)9(11,12)4-14;/h1-3,8,14-15H,4,13H2;1H/t8-;/m0./s1. The summed E-state index contributed by atoms with van der Waals surface area (Å²) in [4.78, 5) is 0. The van der Waals surface area contributed by atoms with E-state index < -0.39 is 18.6 Å². The smallest absolute Gasteiger partial charge is 0.289 e. The van der Waals surface area contributed by atoms with Gasteiger partial charge in [-0.15, -0.1) is 12.4 Å². The van der Waals surface area contributed by atoms with Gasteiger partial charge in [0.05, 0.1) is 0 Å². The topological polar surface area (TPSA) is 66.5 Å². The lowest BCUT2D eigenvalue weighted by Crippen LogP contribution is -2.36. The maximum atomic E-state index is 13.0. The molecule has 16 heavy (non-hydrogen) atoms. The number of halogens is 4. The lowest BCUT2D eigenvalue weighted by Gasteiger charge is -2.22. The molecule has 0 unspecified atom stereocenters. The molecule has 0 saturated heterocycles. The van der Waals surface area contributed by atoms with E-state index in [4.69, 9.17) is 10.8 Å². The maximum Gasteiger partial charge on any atom is 0.289 e. The van der Waals surface area contributed by atoms with Gasteiger partial charge in [-0.2, -0.15) is 0 Å². The van der Waals surface area contributed by atoms with Crippen molar-refractivity contribution in [3.05, 3.63) is 28.2 Å². The van der Waals surface area contributed by atoms with Gasteiger partial charge in [0, 0.05) is 10.0 Å². The molecule has 3 nitrogen and oxygen atoms in total. The van der Waals surface area contributed by atoms with Crippen LogP contribution in [0.5, 0.6) is 5.75 Å². The molecule has 0 bridgehead atoms. The van der Waals surface area contributed by atoms with Crippen molar-refractivity contribution in [2.45, 2.75) is 12.0 Å². The Kier molecular flexibility index (Phi) is 5.61. The van der Waals surface area contributed by atoms with Gasteiger partial charge in [0.15, 0.2) is 0 Å². The summed E-state index contributed by atoms with van der Waals surface area (Å²) in [6, 6.07) is 2.32. The Morgan fingerprint density at radius 1 is 1.44 bits per heavy atom. The summed E-state index contributed by atoms with van der Waals surface area (Å²) in [6.45, 7) is -1.36. The van der Waals surface area contributed by atoms with Crippen molar-refractivity contribution < 1.29 is 19.0 Å². The molecule has 7 heteroatoms. The van der Waals surface area contributed by atoms with E-state index in [1.807, 2.05) is 0 Å². The minimum absolute atomic E-state index is 0. The molecule has 0 spiro atoms. The molecule has 0 aromatic heterocycles. The van der Waals surface area contributed by atoms with Gasteiger partial charge in [0.2, 0.25) is 0 Å². The minimum atomic E-state index is -3.46. The summed E-state index contributed by atoms with van der Waals surface area (Å²) in [5.74, 6) is -3.78. The van der Waals surface area contributed by atoms with Crippen molar-refractivity contribution in [1.82, 2.24) is 0 Å². The maximum absolute atomic E-state index is 13.0. The predicted octanol–water partition coefficient (Wildman–Crippen LogP) is 2.20. The Labute approximate surface area is 106 Å². The van der Waals surface area contributed by atoms with Crippen LogP contribution in [0.25, 0.3) is 0 Å². The summed E-state index contributed by atoms with van der Waals surface area (Å²) in [5, 5.41) is 17.8. The second kappa shape index (κ2) is 5.77. The van der Waals surface area contributed by atoms with E-state index in [-0.39, 0.29) is 23.7 Å². The van der Waals surface area contributed by atoms with Gasteiger partial charge in [0.1, 0.15) is 18.4 Å². The number of phenols is 1. The number of aliphatic hydroxyl groups is 1. The third-order valence-electron chi connectivity index (χ3n) is 1.99. The van der Waals surface area contributed by atoms with Crippen LogP contribution in [-0.4, -0.2) is 22.7 Å². The van der Waals surface area contributed by atoms with Crippen LogP contribution in [0.2, 0.25) is 0 Å². The number of phenolic OH excluding ortho intramolecular Hbond substituents is 1. The Hall–Kier alpha value is -0.430. The van der Waals surface area contributed by atoms with E-state index in [0.29, 0.717) is 4.47 Å². The highest BCUT2D eigenvalue weighted by Crippen LogP contribution is 2.35. The number of aromatic hydroxyl groups is 1. The van der Waals surface area contributed by atoms with Crippen molar-refractivity contribution >= 4 is 28.3 Å². The number of nitrogens with two attached hydrogens (primary N) is 1. The van der Waals surface area contributed by atoms with E-state index in [1.54, 1.807) is 0 Å². The third kappa shape index (κ3) is 3.28. The second-order valence-corrected chi connectivity index (χ2v) is 4.02. The summed E-state index contributed by atoms with van der Waals surface area (Å²) in [5.41, 5.74) is 5.15. The number of aliphatic hydroxyl groups excluding tert-OH is 1. The molecule has 0 radical (unpaired) electrons. The number of benzene rings is 1. The van der Waals surface area contributed by atoms with E-state index in [0.717, 1.165) is 0 Å². The highest BCUT2D eigenvalue weighted by molar-refractivity contribution is 9.10. The van der Waals surface area contributed by atoms with Crippen LogP contribution < -0.4 is 5.73 Å². The van der Waals surface area contributed by atoms with Crippen molar-refractivity contribution in [3.63, 3.8) is 0 Å². The molecule has 0 amide bonds. The van der Waals surface area contributed by atoms with Crippen molar-refractivity contribution in [1.29, 1.82) is 0 Å². The molecule has 0 saturated carbocycles. The number of hydrogen-bond acceptors (Lipinski definition) is 3. The zero-order chi connectivity index (χ0) is 11.6. The lowest BCUT2D eigenvalue weighted by molar-refractivity contribution is -0.0716. The quantitative estimate of drug-likeness (QED) is 0.800. The molecule has 1 aromatic rings. The van der Waals surface area contributed by atoms with Gasteiger partial charge < -0.3 is 15.9 Å². The molecule has 4 N–H and O–H groups in total. The highest BCUT2D eigenvalue weighted by atomic mass is 79.9. The van der Waals surface area contributed by atoms with E-state index >= 15 is 0 Å². The number of alkyl halides is 2. The van der Waals surface area contributed by atoms with Gasteiger partial charge in [-0.05, 0) is 18.2 Å². The van der Waals surface area contributed by atoms with Gasteiger partial charge in [-0.1, -0.05) is 15.9 Å². The highest BCUT2D eigenvalue weighted by Gasteiger charge is 2.38. The summed E-state index contributed by atoms with van der Waals surface area (Å²) in [6.07, 6.45) is 0. The Bertz CT molecular complexity index is 365. The molecule has 0 aliphatic heterocycles. The number of hydrogen-bond donors (Lipinski definition) is 3. The monoisotopic (exact) mass is 317 g/mol. The Morgan fingerprint density at radius 2 is 2.00 bits per heavy atom. The summed E-state index contributed by atoms with van der Waals surface area (Å²) >= 11 is 3.08. The van der Waals surface area contributed by atoms with Crippen LogP contribution in [0.4, 0.5) is 8.78 Å². The fraction of sp³-hybridized carbons (Fsp3) is 0.333. The molecular weight excluding hydrogens is 307 g/mol. The molecule has 0 aliphatic rings. The molecule has 0 fully saturated rings. The molecule has 1 atom stereocenters. The minimum Gasteiger partial charge on any atom is -0.508 e. The van der Waals surface area contributed by atoms with Crippen molar-refractivity contribution in [3.8, 4) is 5.75 Å². The molecule has 0 aliphatic carbocycles. The predicted molar refractivity (Wildman–Crippen MR) is 62.0 cm³/mol. The van der Waals surface area contributed by atoms with E-state index in [9.17, 15) is 13.9 Å². The second-order valence-electron chi connectivity index (χ2n) is 3.10. The van der Waals surface area contributed by atoms with Crippen LogP contribution in [0.1, 0.15) is 11.6 Å². The van der Waals surface area contributed by atoms with Gasteiger partial charge >= 0.3 is 0 Å². The summed E-state index contributed by atoms with van der Waals surface area (Å²) in [7, 11) is 0. The van der Waals surface area contributed by atoms with Crippen molar-refractivity contribution in [2.24, 2.45) is 5.73 Å². The average molecular weight is 319 g/mol. The van der Waals surface area contributed by atoms with Crippen LogP contribution in [-0.2, 0) is 0 Å². The van der Waals surface area contributed by atoms with Gasteiger partial charge in [-0.3, -0.25) is 0 Å². The van der Waals surface area contributed by atoms with Gasteiger partial charge in [-0.25, -0.2) is 8.78 Å². The SMILES string of the molecule is Cl.N[C@@H](c1cc(Br)ccc1O)C(F)(F)CO. The first kappa shape index (κ1) is 15.6. The first-order chi connectivity index (χ1) is 6.88. The molecule has 0 heterocycles. The zero-order valence-corrected chi connectivity index (χ0v) is 10.4. The normalized spacial score (nSPS) is 13.1. The Morgan fingerprint density at radius 3 is 2.50 bits per heavy atom. The zero-order valence-electron chi connectivity index (χ0n) is 8.03. The molecule has 1 aromatic carbocycles. The molecule has 92 valence electrons. The first-order valence-electron chi connectivity index (χ1n) is 4.11. The molecular formula is C9H11BrClF2NO2. The number of rotatable bonds is 3. The van der Waals surface area contributed by atoms with Crippen molar-refractivity contribution in [2.75, 3.05) is 6.61 Å². The molecule has 1 rings (SSSR count). The largest absolute Gasteiger partial charge is 0.508 e. The van der Waals surface area contributed by atoms with E-state index in [2.05, 4.69) is 15.9 Å². The van der Waals surface area contributed by atoms with E-state index in [1.165, 1.54) is 18.2 Å². The van der Waals surface area contributed by atoms with Crippen LogP contribution in [0.3, 0.4) is 0 Å². The Balaban J connectivity index is 0.00000225. The van der Waals surface area contributed by atoms with Crippen LogP contribution >= 0.6 is 28.3 Å². The van der Waals surface area contributed by atoms with Crippen LogP contribution in [0, 0.1) is 0 Å². The average Bonchev–Trinajstić information content (AvgIpc) is 2.20. The van der Waals surface area contributed by atoms with Gasteiger partial charge in [0.25, 0.3) is 5.92 Å².